The summed E-state index contributed by atoms with van der Waals surface area (Å²) in [5.41, 5.74) is 1.72. The number of benzene rings is 1. The maximum atomic E-state index is 13.0. The number of hydrogen-bond acceptors (Lipinski definition) is 8. The highest BCUT2D eigenvalue weighted by atomic mass is 32.2. The van der Waals surface area contributed by atoms with E-state index in [2.05, 4.69) is 25.6 Å². The second kappa shape index (κ2) is 9.85. The van der Waals surface area contributed by atoms with E-state index in [1.807, 2.05) is 6.26 Å². The van der Waals surface area contributed by atoms with Crippen LogP contribution in [0.15, 0.2) is 53.8 Å². The Bertz CT molecular complexity index is 968. The highest BCUT2D eigenvalue weighted by Gasteiger charge is 2.21. The van der Waals surface area contributed by atoms with Crippen molar-refractivity contribution in [3.8, 4) is 17.1 Å². The van der Waals surface area contributed by atoms with Gasteiger partial charge in [0.1, 0.15) is 22.2 Å². The minimum Gasteiger partial charge on any atom is -0.497 e. The third-order valence-corrected chi connectivity index (χ3v) is 4.67. The Labute approximate surface area is 172 Å². The van der Waals surface area contributed by atoms with Crippen LogP contribution in [0.1, 0.15) is 10.4 Å². The fourth-order valence-corrected chi connectivity index (χ4v) is 3.16. The highest BCUT2D eigenvalue weighted by molar-refractivity contribution is 7.98. The zero-order valence-electron chi connectivity index (χ0n) is 16.0. The molecule has 0 radical (unpaired) electrons. The predicted molar refractivity (Wildman–Crippen MR) is 114 cm³/mol. The van der Waals surface area contributed by atoms with Gasteiger partial charge in [-0.15, -0.1) is 11.8 Å². The molecular formula is C20H21N5O3S. The maximum Gasteiger partial charge on any atom is 0.262 e. The van der Waals surface area contributed by atoms with Crippen molar-refractivity contribution in [3.63, 3.8) is 0 Å². The number of carbonyl (C=O) groups excluding carboxylic acids is 1. The fraction of sp³-hybridized carbons (Fsp3) is 0.200. The van der Waals surface area contributed by atoms with Crippen LogP contribution in [0, 0.1) is 0 Å². The molecule has 9 heteroatoms. The predicted octanol–water partition coefficient (Wildman–Crippen LogP) is 2.93. The van der Waals surface area contributed by atoms with Crippen LogP contribution in [0.2, 0.25) is 0 Å². The second-order valence-corrected chi connectivity index (χ2v) is 6.64. The van der Waals surface area contributed by atoms with Crippen molar-refractivity contribution in [3.05, 3.63) is 54.4 Å². The van der Waals surface area contributed by atoms with Crippen molar-refractivity contribution in [1.82, 2.24) is 15.0 Å². The molecule has 2 aromatic heterocycles. The van der Waals surface area contributed by atoms with E-state index in [4.69, 9.17) is 4.74 Å². The topological polar surface area (TPSA) is 109 Å². The van der Waals surface area contributed by atoms with Gasteiger partial charge in [0.2, 0.25) is 0 Å². The van der Waals surface area contributed by atoms with E-state index < -0.39 is 0 Å². The molecule has 150 valence electrons. The number of hydrogen-bond donors (Lipinski definition) is 3. The van der Waals surface area contributed by atoms with Gasteiger partial charge in [0.05, 0.1) is 13.7 Å². The summed E-state index contributed by atoms with van der Waals surface area (Å²) in [6, 6.07) is 10.6. The average molecular weight is 411 g/mol. The summed E-state index contributed by atoms with van der Waals surface area (Å²) in [7, 11) is 1.58. The molecule has 1 aromatic carbocycles. The Hall–Kier alpha value is -3.17. The van der Waals surface area contributed by atoms with Crippen molar-refractivity contribution < 1.29 is 14.6 Å². The van der Waals surface area contributed by atoms with Gasteiger partial charge < -0.3 is 20.5 Å². The number of amides is 1. The zero-order valence-corrected chi connectivity index (χ0v) is 16.9. The van der Waals surface area contributed by atoms with Crippen LogP contribution in [0.5, 0.6) is 5.75 Å². The Balaban J connectivity index is 1.99. The molecule has 0 fully saturated rings. The number of thioether (sulfide) groups is 1. The number of carbonyl (C=O) groups is 1. The number of methoxy groups -OCH3 is 1. The third kappa shape index (κ3) is 5.01. The van der Waals surface area contributed by atoms with Crippen LogP contribution in [0.3, 0.4) is 0 Å². The lowest BCUT2D eigenvalue weighted by atomic mass is 10.2. The lowest BCUT2D eigenvalue weighted by Crippen LogP contribution is -2.19. The summed E-state index contributed by atoms with van der Waals surface area (Å²) in [5.74, 6) is 1.18. The van der Waals surface area contributed by atoms with E-state index in [-0.39, 0.29) is 19.1 Å². The number of anilines is 2. The molecule has 0 saturated heterocycles. The molecule has 0 bridgehead atoms. The van der Waals surface area contributed by atoms with E-state index in [1.165, 1.54) is 11.8 Å². The minimum absolute atomic E-state index is 0.0945. The number of nitrogens with one attached hydrogen (secondary N) is 2. The van der Waals surface area contributed by atoms with Gasteiger partial charge in [-0.05, 0) is 42.7 Å². The summed E-state index contributed by atoms with van der Waals surface area (Å²) in [5, 5.41) is 15.6. The van der Waals surface area contributed by atoms with Crippen LogP contribution in [0.4, 0.5) is 11.5 Å². The number of ether oxygens (including phenoxy) is 1. The minimum atomic E-state index is -0.346. The summed E-state index contributed by atoms with van der Waals surface area (Å²) in [4.78, 5) is 26.1. The molecule has 0 unspecified atom stereocenters. The number of aromatic nitrogens is 3. The number of aliphatic hydroxyl groups is 1. The van der Waals surface area contributed by atoms with Gasteiger partial charge in [-0.1, -0.05) is 0 Å². The van der Waals surface area contributed by atoms with Gasteiger partial charge in [-0.3, -0.25) is 9.78 Å². The van der Waals surface area contributed by atoms with E-state index in [9.17, 15) is 9.90 Å². The molecule has 0 aliphatic heterocycles. The molecule has 3 aromatic rings. The van der Waals surface area contributed by atoms with Crippen LogP contribution in [-0.4, -0.2) is 52.5 Å². The molecule has 3 rings (SSSR count). The van der Waals surface area contributed by atoms with Gasteiger partial charge in [-0.25, -0.2) is 9.97 Å². The molecule has 3 N–H and O–H groups in total. The first-order valence-corrected chi connectivity index (χ1v) is 10.0. The smallest absolute Gasteiger partial charge is 0.262 e. The molecule has 8 nitrogen and oxygen atoms in total. The monoisotopic (exact) mass is 411 g/mol. The van der Waals surface area contributed by atoms with E-state index in [0.717, 1.165) is 5.56 Å². The van der Waals surface area contributed by atoms with Gasteiger partial charge in [0, 0.05) is 30.2 Å². The SMILES string of the molecule is COc1ccc(NC(=O)c2c(NCCO)nc(-c3ccncc3)nc2SC)cc1. The molecule has 2 heterocycles. The Morgan fingerprint density at radius 3 is 2.48 bits per heavy atom. The van der Waals surface area contributed by atoms with Crippen LogP contribution in [-0.2, 0) is 0 Å². The average Bonchev–Trinajstić information content (AvgIpc) is 2.78. The summed E-state index contributed by atoms with van der Waals surface area (Å²) in [6.07, 6.45) is 5.16. The van der Waals surface area contributed by atoms with Crippen molar-refractivity contribution in [2.45, 2.75) is 5.03 Å². The molecular weight excluding hydrogens is 390 g/mol. The molecule has 0 aliphatic rings. The first-order chi connectivity index (χ1) is 14.2. The Morgan fingerprint density at radius 1 is 1.14 bits per heavy atom. The summed E-state index contributed by atoms with van der Waals surface area (Å²) in [6.45, 7) is 0.159. The Morgan fingerprint density at radius 2 is 1.86 bits per heavy atom. The van der Waals surface area contributed by atoms with Gasteiger partial charge in [0.25, 0.3) is 5.91 Å². The quantitative estimate of drug-likeness (QED) is 0.383. The fourth-order valence-electron chi connectivity index (χ4n) is 2.59. The molecule has 0 atom stereocenters. The van der Waals surface area contributed by atoms with E-state index in [1.54, 1.807) is 55.9 Å². The summed E-state index contributed by atoms with van der Waals surface area (Å²) >= 11 is 1.35. The first-order valence-electron chi connectivity index (χ1n) is 8.82. The van der Waals surface area contributed by atoms with E-state index in [0.29, 0.717) is 33.7 Å². The van der Waals surface area contributed by atoms with Crippen LogP contribution < -0.4 is 15.4 Å². The van der Waals surface area contributed by atoms with Gasteiger partial charge in [0.15, 0.2) is 5.82 Å². The van der Waals surface area contributed by atoms with Crippen LogP contribution in [0.25, 0.3) is 11.4 Å². The lowest BCUT2D eigenvalue weighted by Gasteiger charge is -2.15. The third-order valence-electron chi connectivity index (χ3n) is 3.99. The lowest BCUT2D eigenvalue weighted by molar-refractivity contribution is 0.102. The summed E-state index contributed by atoms with van der Waals surface area (Å²) < 4.78 is 5.14. The van der Waals surface area contributed by atoms with Crippen molar-refractivity contribution in [2.24, 2.45) is 0 Å². The van der Waals surface area contributed by atoms with Gasteiger partial charge in [-0.2, -0.15) is 0 Å². The van der Waals surface area contributed by atoms with Crippen molar-refractivity contribution >= 4 is 29.2 Å². The van der Waals surface area contributed by atoms with E-state index >= 15 is 0 Å². The molecule has 29 heavy (non-hydrogen) atoms. The highest BCUT2D eigenvalue weighted by Crippen LogP contribution is 2.29. The Kier molecular flexibility index (Phi) is 6.99. The largest absolute Gasteiger partial charge is 0.497 e. The normalized spacial score (nSPS) is 10.4. The zero-order chi connectivity index (χ0) is 20.6. The standard InChI is InChI=1S/C20H21N5O3S/c1-28-15-5-3-14(4-6-15)23-19(27)16-18(22-11-12-26)24-17(25-20(16)29-2)13-7-9-21-10-8-13/h3-10,26H,11-12H2,1-2H3,(H,23,27)(H,22,24,25). The molecule has 0 spiro atoms. The first kappa shape index (κ1) is 20.6. The maximum absolute atomic E-state index is 13.0. The van der Waals surface area contributed by atoms with Crippen molar-refractivity contribution in [1.29, 1.82) is 0 Å². The number of pyridine rings is 1. The number of aliphatic hydroxyl groups excluding tert-OH is 1. The number of nitrogens with zero attached hydrogens (tertiary/aromatic N) is 3. The number of rotatable bonds is 8. The molecule has 0 saturated carbocycles. The molecule has 1 amide bonds. The molecule has 0 aliphatic carbocycles. The van der Waals surface area contributed by atoms with Gasteiger partial charge >= 0.3 is 0 Å². The van der Waals surface area contributed by atoms with Crippen LogP contribution >= 0.6 is 11.8 Å². The second-order valence-electron chi connectivity index (χ2n) is 5.85. The van der Waals surface area contributed by atoms with Crippen molar-refractivity contribution in [2.75, 3.05) is 37.2 Å².